The molecule has 3 N–H and O–H groups in total. The first-order valence-electron chi connectivity index (χ1n) is 7.36. The summed E-state index contributed by atoms with van der Waals surface area (Å²) < 4.78 is 0. The molecule has 5 nitrogen and oxygen atoms in total. The fourth-order valence-electron chi connectivity index (χ4n) is 2.15. The van der Waals surface area contributed by atoms with Crippen molar-refractivity contribution >= 4 is 58.1 Å². The lowest BCUT2D eigenvalue weighted by molar-refractivity contribution is -0.114. The molecule has 0 spiro atoms. The second-order valence-corrected chi connectivity index (χ2v) is 6.59. The molecule has 0 radical (unpaired) electrons. The van der Waals surface area contributed by atoms with E-state index in [-0.39, 0.29) is 22.0 Å². The van der Waals surface area contributed by atoms with Crippen LogP contribution in [0.4, 0.5) is 16.2 Å². The maximum Gasteiger partial charge on any atom is 0.319 e. The van der Waals surface area contributed by atoms with Gasteiger partial charge in [-0.05, 0) is 36.8 Å². The van der Waals surface area contributed by atoms with Gasteiger partial charge in [0.2, 0.25) is 5.91 Å². The molecule has 132 valence electrons. The molecule has 0 saturated heterocycles. The van der Waals surface area contributed by atoms with Crippen LogP contribution >= 0.6 is 34.8 Å². The van der Waals surface area contributed by atoms with E-state index in [2.05, 4.69) is 16.0 Å². The smallest absolute Gasteiger partial charge is 0.319 e. The zero-order chi connectivity index (χ0) is 18.6. The van der Waals surface area contributed by atoms with Crippen molar-refractivity contribution in [2.45, 2.75) is 19.9 Å². The third-order valence-corrected chi connectivity index (χ3v) is 4.35. The van der Waals surface area contributed by atoms with E-state index in [0.29, 0.717) is 16.4 Å². The molecular weight excluding hydrogens is 385 g/mol. The molecule has 0 saturated carbocycles. The number of amides is 3. The van der Waals surface area contributed by atoms with Crippen LogP contribution in [0.2, 0.25) is 15.1 Å². The minimum atomic E-state index is -0.447. The van der Waals surface area contributed by atoms with Crippen LogP contribution in [0, 0.1) is 0 Å². The molecule has 0 unspecified atom stereocenters. The van der Waals surface area contributed by atoms with Crippen molar-refractivity contribution in [1.82, 2.24) is 5.32 Å². The highest BCUT2D eigenvalue weighted by molar-refractivity contribution is 6.44. The van der Waals surface area contributed by atoms with Crippen molar-refractivity contribution in [3.8, 4) is 0 Å². The Kier molecular flexibility index (Phi) is 6.53. The molecule has 0 aromatic heterocycles. The van der Waals surface area contributed by atoms with Crippen molar-refractivity contribution in [3.63, 3.8) is 0 Å². The van der Waals surface area contributed by atoms with Gasteiger partial charge in [0.1, 0.15) is 0 Å². The number of benzene rings is 2. The minimum Gasteiger partial charge on any atom is -0.331 e. The molecule has 25 heavy (non-hydrogen) atoms. The Labute approximate surface area is 160 Å². The highest BCUT2D eigenvalue weighted by Crippen LogP contribution is 2.32. The SMILES string of the molecule is CC(=O)Nc1cccc([C@H](C)NC(=O)Nc2cc(Cl)c(Cl)cc2Cl)c1. The van der Waals surface area contributed by atoms with Crippen LogP contribution in [0.3, 0.4) is 0 Å². The minimum absolute atomic E-state index is 0.162. The van der Waals surface area contributed by atoms with Crippen molar-refractivity contribution in [3.05, 3.63) is 57.0 Å². The lowest BCUT2D eigenvalue weighted by atomic mass is 10.1. The van der Waals surface area contributed by atoms with Crippen LogP contribution in [0.1, 0.15) is 25.5 Å². The van der Waals surface area contributed by atoms with Gasteiger partial charge in [0.15, 0.2) is 0 Å². The Balaban J connectivity index is 2.05. The lowest BCUT2D eigenvalue weighted by Crippen LogP contribution is -2.31. The largest absolute Gasteiger partial charge is 0.331 e. The number of hydrogen-bond donors (Lipinski definition) is 3. The summed E-state index contributed by atoms with van der Waals surface area (Å²) in [5.41, 5.74) is 1.85. The molecule has 8 heteroatoms. The summed E-state index contributed by atoms with van der Waals surface area (Å²) in [7, 11) is 0. The second-order valence-electron chi connectivity index (χ2n) is 5.37. The Morgan fingerprint density at radius 1 is 0.960 bits per heavy atom. The number of urea groups is 1. The maximum atomic E-state index is 12.2. The maximum absolute atomic E-state index is 12.2. The summed E-state index contributed by atoms with van der Waals surface area (Å²) in [6.45, 7) is 3.26. The highest BCUT2D eigenvalue weighted by atomic mass is 35.5. The van der Waals surface area contributed by atoms with Gasteiger partial charge in [0.25, 0.3) is 0 Å². The van der Waals surface area contributed by atoms with Crippen LogP contribution in [0.5, 0.6) is 0 Å². The van der Waals surface area contributed by atoms with E-state index in [1.807, 2.05) is 13.0 Å². The molecular formula is C17H16Cl3N3O2. The number of hydrogen-bond acceptors (Lipinski definition) is 2. The highest BCUT2D eigenvalue weighted by Gasteiger charge is 2.13. The predicted molar refractivity (Wildman–Crippen MR) is 103 cm³/mol. The van der Waals surface area contributed by atoms with E-state index >= 15 is 0 Å². The van der Waals surface area contributed by atoms with Gasteiger partial charge >= 0.3 is 6.03 Å². The first-order chi connectivity index (χ1) is 11.8. The quantitative estimate of drug-likeness (QED) is 0.594. The fourth-order valence-corrected chi connectivity index (χ4v) is 2.74. The first kappa shape index (κ1) is 19.4. The fraction of sp³-hybridized carbons (Fsp3) is 0.176. The van der Waals surface area contributed by atoms with Gasteiger partial charge in [-0.2, -0.15) is 0 Å². The van der Waals surface area contributed by atoms with Gasteiger partial charge in [0.05, 0.1) is 26.8 Å². The standard InChI is InChI=1S/C17H16Cl3N3O2/c1-9(11-4-3-5-12(6-11)22-10(2)24)21-17(25)23-16-8-14(19)13(18)7-15(16)20/h3-9H,1-2H3,(H,22,24)(H2,21,23,25)/t9-/m0/s1. The van der Waals surface area contributed by atoms with Crippen LogP contribution in [0.25, 0.3) is 0 Å². The van der Waals surface area contributed by atoms with Gasteiger partial charge in [-0.15, -0.1) is 0 Å². The zero-order valence-electron chi connectivity index (χ0n) is 13.5. The lowest BCUT2D eigenvalue weighted by Gasteiger charge is -2.17. The predicted octanol–water partition coefficient (Wildman–Crippen LogP) is 5.49. The molecule has 0 bridgehead atoms. The van der Waals surface area contributed by atoms with Crippen LogP contribution in [0.15, 0.2) is 36.4 Å². The summed E-state index contributed by atoms with van der Waals surface area (Å²) in [6, 6.07) is 9.41. The Morgan fingerprint density at radius 2 is 1.64 bits per heavy atom. The number of halogens is 3. The van der Waals surface area contributed by atoms with Crippen molar-refractivity contribution in [2.24, 2.45) is 0 Å². The van der Waals surface area contributed by atoms with Gasteiger partial charge in [-0.3, -0.25) is 4.79 Å². The first-order valence-corrected chi connectivity index (χ1v) is 8.49. The van der Waals surface area contributed by atoms with E-state index in [0.717, 1.165) is 5.56 Å². The second kappa shape index (κ2) is 8.43. The summed E-state index contributed by atoms with van der Waals surface area (Å²) in [5.74, 6) is -0.162. The van der Waals surface area contributed by atoms with E-state index in [1.165, 1.54) is 19.1 Å². The Hall–Kier alpha value is -1.95. The summed E-state index contributed by atoms with van der Waals surface area (Å²) >= 11 is 17.8. The summed E-state index contributed by atoms with van der Waals surface area (Å²) in [6.07, 6.45) is 0. The van der Waals surface area contributed by atoms with Crippen molar-refractivity contribution < 1.29 is 9.59 Å². The topological polar surface area (TPSA) is 70.2 Å². The molecule has 0 aliphatic rings. The molecule has 2 aromatic carbocycles. The molecule has 0 heterocycles. The Bertz CT molecular complexity index is 812. The summed E-state index contributed by atoms with van der Waals surface area (Å²) in [4.78, 5) is 23.3. The normalized spacial score (nSPS) is 11.6. The van der Waals surface area contributed by atoms with Crippen molar-refractivity contribution in [2.75, 3.05) is 10.6 Å². The number of carbonyl (C=O) groups is 2. The monoisotopic (exact) mass is 399 g/mol. The van der Waals surface area contributed by atoms with Crippen LogP contribution < -0.4 is 16.0 Å². The van der Waals surface area contributed by atoms with Gasteiger partial charge < -0.3 is 16.0 Å². The van der Waals surface area contributed by atoms with Crippen LogP contribution in [-0.2, 0) is 4.79 Å². The van der Waals surface area contributed by atoms with Crippen molar-refractivity contribution in [1.29, 1.82) is 0 Å². The van der Waals surface area contributed by atoms with E-state index in [4.69, 9.17) is 34.8 Å². The van der Waals surface area contributed by atoms with Gasteiger partial charge in [-0.1, -0.05) is 46.9 Å². The average Bonchev–Trinajstić information content (AvgIpc) is 2.52. The molecule has 1 atom stereocenters. The number of rotatable bonds is 4. The third kappa shape index (κ3) is 5.53. The third-order valence-electron chi connectivity index (χ3n) is 3.31. The average molecular weight is 401 g/mol. The number of anilines is 2. The molecule has 2 aromatic rings. The zero-order valence-corrected chi connectivity index (χ0v) is 15.8. The van der Waals surface area contributed by atoms with E-state index < -0.39 is 6.03 Å². The Morgan fingerprint density at radius 3 is 2.32 bits per heavy atom. The molecule has 0 aliphatic carbocycles. The van der Waals surface area contributed by atoms with Gasteiger partial charge in [0, 0.05) is 12.6 Å². The molecule has 2 rings (SSSR count). The van der Waals surface area contributed by atoms with Gasteiger partial charge in [-0.25, -0.2) is 4.79 Å². The van der Waals surface area contributed by atoms with Crippen LogP contribution in [-0.4, -0.2) is 11.9 Å². The number of carbonyl (C=O) groups excluding carboxylic acids is 2. The molecule has 0 fully saturated rings. The van der Waals surface area contributed by atoms with E-state index in [9.17, 15) is 9.59 Å². The summed E-state index contributed by atoms with van der Waals surface area (Å²) in [5, 5.41) is 9.00. The van der Waals surface area contributed by atoms with E-state index in [1.54, 1.807) is 18.2 Å². The molecule has 3 amide bonds. The number of nitrogens with one attached hydrogen (secondary N) is 3. The molecule has 0 aliphatic heterocycles.